The fraction of sp³-hybridized carbons (Fsp3) is 0.909. The summed E-state index contributed by atoms with van der Waals surface area (Å²) in [5.41, 5.74) is -0.643. The van der Waals surface area contributed by atoms with Gasteiger partial charge in [-0.25, -0.2) is 0 Å². The van der Waals surface area contributed by atoms with Gasteiger partial charge in [0.05, 0.1) is 5.41 Å². The lowest BCUT2D eigenvalue weighted by atomic mass is 9.92. The van der Waals surface area contributed by atoms with Crippen LogP contribution in [0.5, 0.6) is 0 Å². The van der Waals surface area contributed by atoms with Crippen molar-refractivity contribution in [2.75, 3.05) is 18.8 Å². The molecule has 1 rings (SSSR count). The average Bonchev–Trinajstić information content (AvgIpc) is 2.12. The van der Waals surface area contributed by atoms with Gasteiger partial charge < -0.3 is 5.11 Å². The first kappa shape index (κ1) is 12.8. The summed E-state index contributed by atoms with van der Waals surface area (Å²) >= 11 is 1.98. The van der Waals surface area contributed by atoms with Crippen LogP contribution in [0.1, 0.15) is 27.7 Å². The second-order valence-electron chi connectivity index (χ2n) is 4.98. The third-order valence-corrected chi connectivity index (χ3v) is 4.53. The Morgan fingerprint density at radius 2 is 2.13 bits per heavy atom. The minimum absolute atomic E-state index is 0.474. The largest absolute Gasteiger partial charge is 0.481 e. The highest BCUT2D eigenvalue weighted by Crippen LogP contribution is 2.27. The molecule has 0 bridgehead atoms. The van der Waals surface area contributed by atoms with Crippen molar-refractivity contribution in [3.63, 3.8) is 0 Å². The van der Waals surface area contributed by atoms with Crippen LogP contribution < -0.4 is 0 Å². The van der Waals surface area contributed by atoms with Crippen molar-refractivity contribution in [3.05, 3.63) is 0 Å². The molecule has 0 amide bonds. The highest BCUT2D eigenvalue weighted by molar-refractivity contribution is 8.00. The summed E-state index contributed by atoms with van der Waals surface area (Å²) in [5.74, 6) is 0.405. The summed E-state index contributed by atoms with van der Waals surface area (Å²) in [5, 5.41) is 9.69. The molecule has 2 unspecified atom stereocenters. The molecule has 0 aliphatic carbocycles. The minimum Gasteiger partial charge on any atom is -0.481 e. The van der Waals surface area contributed by atoms with E-state index in [2.05, 4.69) is 18.7 Å². The van der Waals surface area contributed by atoms with Crippen LogP contribution >= 0.6 is 11.8 Å². The molecular weight excluding hydrogens is 210 g/mol. The average molecular weight is 231 g/mol. The molecule has 15 heavy (non-hydrogen) atoms. The van der Waals surface area contributed by atoms with Crippen LogP contribution in [0.2, 0.25) is 0 Å². The van der Waals surface area contributed by atoms with Crippen LogP contribution in [0.3, 0.4) is 0 Å². The molecule has 1 aliphatic rings. The van der Waals surface area contributed by atoms with Gasteiger partial charge in [0.15, 0.2) is 0 Å². The maximum Gasteiger partial charge on any atom is 0.310 e. The van der Waals surface area contributed by atoms with Gasteiger partial charge in [-0.05, 0) is 20.8 Å². The molecule has 0 radical (unpaired) electrons. The molecule has 88 valence electrons. The predicted octanol–water partition coefficient (Wildman–Crippen LogP) is 1.92. The van der Waals surface area contributed by atoms with Crippen LogP contribution in [0.25, 0.3) is 0 Å². The number of rotatable bonds is 3. The minimum atomic E-state index is -0.708. The lowest BCUT2D eigenvalue weighted by Crippen LogP contribution is -2.50. The van der Waals surface area contributed by atoms with Crippen molar-refractivity contribution in [2.45, 2.75) is 39.0 Å². The molecule has 4 heteroatoms. The van der Waals surface area contributed by atoms with Crippen molar-refractivity contribution >= 4 is 17.7 Å². The Labute approximate surface area is 96.2 Å². The zero-order chi connectivity index (χ0) is 11.6. The molecule has 1 aliphatic heterocycles. The monoisotopic (exact) mass is 231 g/mol. The van der Waals surface area contributed by atoms with Gasteiger partial charge in [-0.3, -0.25) is 9.69 Å². The number of aliphatic carboxylic acids is 1. The Bertz CT molecular complexity index is 243. The van der Waals surface area contributed by atoms with E-state index in [1.54, 1.807) is 13.8 Å². The maximum absolute atomic E-state index is 11.1. The Morgan fingerprint density at radius 1 is 1.53 bits per heavy atom. The van der Waals surface area contributed by atoms with E-state index < -0.39 is 11.4 Å². The Kier molecular flexibility index (Phi) is 4.06. The van der Waals surface area contributed by atoms with Gasteiger partial charge in [0.25, 0.3) is 0 Å². The molecule has 0 aromatic carbocycles. The zero-order valence-corrected chi connectivity index (χ0v) is 10.8. The fourth-order valence-corrected chi connectivity index (χ4v) is 2.96. The first-order chi connectivity index (χ1) is 6.84. The number of hydrogen-bond donors (Lipinski definition) is 1. The van der Waals surface area contributed by atoms with Crippen molar-refractivity contribution in [2.24, 2.45) is 5.41 Å². The van der Waals surface area contributed by atoms with Gasteiger partial charge in [-0.15, -0.1) is 0 Å². The SMILES string of the molecule is CC1SCCN(CC(C)(C)C(=O)O)C1C. The summed E-state index contributed by atoms with van der Waals surface area (Å²) in [6, 6.07) is 0.474. The molecule has 3 nitrogen and oxygen atoms in total. The molecule has 1 saturated heterocycles. The van der Waals surface area contributed by atoms with Crippen LogP contribution in [-0.2, 0) is 4.79 Å². The topological polar surface area (TPSA) is 40.5 Å². The lowest BCUT2D eigenvalue weighted by Gasteiger charge is -2.40. The molecule has 0 aromatic rings. The highest BCUT2D eigenvalue weighted by atomic mass is 32.2. The third kappa shape index (κ3) is 3.11. The van der Waals surface area contributed by atoms with E-state index in [-0.39, 0.29) is 0 Å². The van der Waals surface area contributed by atoms with Crippen LogP contribution in [0, 0.1) is 5.41 Å². The molecule has 2 atom stereocenters. The number of carboxylic acid groups (broad SMARTS) is 1. The standard InChI is InChI=1S/C11H21NO2S/c1-8-9(2)15-6-5-12(8)7-11(3,4)10(13)14/h8-9H,5-7H2,1-4H3,(H,13,14). The molecular formula is C11H21NO2S. The van der Waals surface area contributed by atoms with E-state index in [1.165, 1.54) is 0 Å². The lowest BCUT2D eigenvalue weighted by molar-refractivity contribution is -0.148. The Hall–Kier alpha value is -0.220. The second kappa shape index (κ2) is 4.74. The van der Waals surface area contributed by atoms with E-state index >= 15 is 0 Å². The third-order valence-electron chi connectivity index (χ3n) is 3.19. The quantitative estimate of drug-likeness (QED) is 0.805. The summed E-state index contributed by atoms with van der Waals surface area (Å²) in [4.78, 5) is 13.4. The van der Waals surface area contributed by atoms with E-state index in [0.29, 0.717) is 17.8 Å². The van der Waals surface area contributed by atoms with Crippen molar-refractivity contribution in [1.29, 1.82) is 0 Å². The van der Waals surface area contributed by atoms with Crippen LogP contribution in [-0.4, -0.2) is 46.1 Å². The summed E-state index contributed by atoms with van der Waals surface area (Å²) < 4.78 is 0. The number of thioether (sulfide) groups is 1. The van der Waals surface area contributed by atoms with Crippen LogP contribution in [0.15, 0.2) is 0 Å². The maximum atomic E-state index is 11.1. The van der Waals surface area contributed by atoms with Gasteiger partial charge in [0, 0.05) is 30.1 Å². The van der Waals surface area contributed by atoms with Crippen molar-refractivity contribution in [1.82, 2.24) is 4.90 Å². The molecule has 0 spiro atoms. The summed E-state index contributed by atoms with van der Waals surface area (Å²) in [6.07, 6.45) is 0. The number of hydrogen-bond acceptors (Lipinski definition) is 3. The predicted molar refractivity (Wildman–Crippen MR) is 64.4 cm³/mol. The summed E-state index contributed by atoms with van der Waals surface area (Å²) in [6.45, 7) is 9.66. The van der Waals surface area contributed by atoms with Crippen LogP contribution in [0.4, 0.5) is 0 Å². The Balaban J connectivity index is 2.61. The van der Waals surface area contributed by atoms with Gasteiger partial charge in [0.2, 0.25) is 0 Å². The number of nitrogens with zero attached hydrogens (tertiary/aromatic N) is 1. The molecule has 0 saturated carbocycles. The normalized spacial score (nSPS) is 29.1. The Morgan fingerprint density at radius 3 is 2.67 bits per heavy atom. The number of carbonyl (C=O) groups is 1. The smallest absolute Gasteiger partial charge is 0.310 e. The van der Waals surface area contributed by atoms with E-state index in [0.717, 1.165) is 12.3 Å². The molecule has 1 fully saturated rings. The zero-order valence-electron chi connectivity index (χ0n) is 9.99. The first-order valence-corrected chi connectivity index (χ1v) is 6.48. The fourth-order valence-electron chi connectivity index (χ4n) is 1.79. The number of carboxylic acids is 1. The van der Waals surface area contributed by atoms with Gasteiger partial charge in [0.1, 0.15) is 0 Å². The molecule has 1 N–H and O–H groups in total. The highest BCUT2D eigenvalue weighted by Gasteiger charge is 2.34. The first-order valence-electron chi connectivity index (χ1n) is 5.43. The van der Waals surface area contributed by atoms with Gasteiger partial charge in [-0.1, -0.05) is 6.92 Å². The van der Waals surface area contributed by atoms with E-state index in [9.17, 15) is 4.79 Å². The molecule has 0 aromatic heterocycles. The van der Waals surface area contributed by atoms with Crippen molar-refractivity contribution < 1.29 is 9.90 Å². The second-order valence-corrected chi connectivity index (χ2v) is 6.46. The summed E-state index contributed by atoms with van der Waals surface area (Å²) in [7, 11) is 0. The van der Waals surface area contributed by atoms with Gasteiger partial charge >= 0.3 is 5.97 Å². The van der Waals surface area contributed by atoms with Crippen molar-refractivity contribution in [3.8, 4) is 0 Å². The van der Waals surface area contributed by atoms with E-state index in [1.807, 2.05) is 11.8 Å². The molecule has 1 heterocycles. The van der Waals surface area contributed by atoms with E-state index in [4.69, 9.17) is 5.11 Å². The van der Waals surface area contributed by atoms with Gasteiger partial charge in [-0.2, -0.15) is 11.8 Å².